The Morgan fingerprint density at radius 3 is 2.79 bits per heavy atom. The van der Waals surface area contributed by atoms with Crippen molar-refractivity contribution in [3.8, 4) is 0 Å². The normalized spacial score (nSPS) is 21.0. The van der Waals surface area contributed by atoms with Gasteiger partial charge in [0.2, 0.25) is 5.91 Å². The van der Waals surface area contributed by atoms with Gasteiger partial charge in [0.25, 0.3) is 5.91 Å². The Labute approximate surface area is 138 Å². The number of amides is 2. The van der Waals surface area contributed by atoms with Crippen LogP contribution in [0.25, 0.3) is 0 Å². The lowest BCUT2D eigenvalue weighted by Crippen LogP contribution is -2.51. The summed E-state index contributed by atoms with van der Waals surface area (Å²) in [6, 6.07) is 5.20. The summed E-state index contributed by atoms with van der Waals surface area (Å²) in [6.45, 7) is -0.230. The summed E-state index contributed by atoms with van der Waals surface area (Å²) in [5.41, 5.74) is 0.734. The second-order valence-corrected chi connectivity index (χ2v) is 5.59. The van der Waals surface area contributed by atoms with E-state index in [2.05, 4.69) is 10.4 Å². The summed E-state index contributed by atoms with van der Waals surface area (Å²) in [5, 5.41) is 6.65. The molecule has 0 spiro atoms. The first kappa shape index (κ1) is 16.1. The first-order valence-electron chi connectivity index (χ1n) is 7.38. The summed E-state index contributed by atoms with van der Waals surface area (Å²) in [4.78, 5) is 25.9. The number of carbonyl (C=O) groups excluding carboxylic acids is 2. The van der Waals surface area contributed by atoms with Gasteiger partial charge in [0.15, 0.2) is 6.10 Å². The highest BCUT2D eigenvalue weighted by Gasteiger charge is 2.41. The molecule has 2 atom stereocenters. The van der Waals surface area contributed by atoms with E-state index in [1.807, 2.05) is 0 Å². The van der Waals surface area contributed by atoms with Crippen molar-refractivity contribution in [3.05, 3.63) is 48.0 Å². The number of aromatic nitrogens is 2. The summed E-state index contributed by atoms with van der Waals surface area (Å²) in [6.07, 6.45) is 2.10. The molecule has 1 aromatic heterocycles. The van der Waals surface area contributed by atoms with Crippen LogP contribution in [0.5, 0.6) is 0 Å². The fraction of sp³-hybridized carbons (Fsp3) is 0.312. The monoisotopic (exact) mass is 332 g/mol. The number of hydrogen-bond acceptors (Lipinski definition) is 4. The third-order valence-corrected chi connectivity index (χ3v) is 3.94. The first-order chi connectivity index (χ1) is 11.5. The van der Waals surface area contributed by atoms with Crippen LogP contribution in [0.1, 0.15) is 11.6 Å². The van der Waals surface area contributed by atoms with Crippen molar-refractivity contribution in [2.24, 2.45) is 7.05 Å². The van der Waals surface area contributed by atoms with Gasteiger partial charge in [0.1, 0.15) is 12.4 Å². The van der Waals surface area contributed by atoms with Gasteiger partial charge in [0.05, 0.1) is 17.9 Å². The van der Waals surface area contributed by atoms with E-state index in [4.69, 9.17) is 4.74 Å². The molecular weight excluding hydrogens is 315 g/mol. The molecule has 8 heteroatoms. The molecule has 2 amide bonds. The maximum absolute atomic E-state index is 14.2. The Bertz CT molecular complexity index is 776. The molecule has 1 aromatic carbocycles. The van der Waals surface area contributed by atoms with Crippen LogP contribution in [-0.4, -0.2) is 46.3 Å². The van der Waals surface area contributed by atoms with Crippen molar-refractivity contribution in [1.82, 2.24) is 14.7 Å². The molecule has 1 saturated heterocycles. The lowest BCUT2D eigenvalue weighted by molar-refractivity contribution is -0.160. The fourth-order valence-corrected chi connectivity index (χ4v) is 2.72. The first-order valence-corrected chi connectivity index (χ1v) is 7.38. The molecule has 2 heterocycles. The van der Waals surface area contributed by atoms with Crippen LogP contribution >= 0.6 is 0 Å². The molecule has 0 radical (unpaired) electrons. The lowest BCUT2D eigenvalue weighted by atomic mass is 9.97. The number of morpholine rings is 1. The van der Waals surface area contributed by atoms with Crippen molar-refractivity contribution >= 4 is 17.5 Å². The molecular formula is C16H17FN4O3. The van der Waals surface area contributed by atoms with Gasteiger partial charge in [-0.25, -0.2) is 4.39 Å². The quantitative estimate of drug-likeness (QED) is 0.913. The predicted octanol–water partition coefficient (Wildman–Crippen LogP) is 1.10. The Balaban J connectivity index is 1.90. The Kier molecular flexibility index (Phi) is 4.30. The molecule has 1 aliphatic heterocycles. The number of hydrogen-bond donors (Lipinski definition) is 1. The number of ether oxygens (including phenoxy) is 1. The van der Waals surface area contributed by atoms with Crippen molar-refractivity contribution in [1.29, 1.82) is 0 Å². The minimum absolute atomic E-state index is 0.230. The number of likely N-dealkylation sites (N-methyl/N-ethyl adjacent to an activating group) is 1. The maximum Gasteiger partial charge on any atom is 0.256 e. The number of carbonyl (C=O) groups is 2. The van der Waals surface area contributed by atoms with Gasteiger partial charge in [-0.1, -0.05) is 18.2 Å². The SMILES string of the molecule is CN1C(=O)CO[C@@H](C(=O)Nc2cnn(C)c2)[C@H]1c1ccccc1F. The Morgan fingerprint density at radius 2 is 2.12 bits per heavy atom. The molecule has 7 nitrogen and oxygen atoms in total. The van der Waals surface area contributed by atoms with Crippen molar-refractivity contribution in [2.75, 3.05) is 19.0 Å². The molecule has 0 bridgehead atoms. The van der Waals surface area contributed by atoms with Crippen molar-refractivity contribution < 1.29 is 18.7 Å². The molecule has 0 aliphatic carbocycles. The van der Waals surface area contributed by atoms with Crippen LogP contribution in [0.2, 0.25) is 0 Å². The molecule has 24 heavy (non-hydrogen) atoms. The van der Waals surface area contributed by atoms with E-state index in [-0.39, 0.29) is 18.1 Å². The summed E-state index contributed by atoms with van der Waals surface area (Å²) >= 11 is 0. The zero-order valence-corrected chi connectivity index (χ0v) is 13.3. The highest BCUT2D eigenvalue weighted by molar-refractivity contribution is 5.96. The van der Waals surface area contributed by atoms with Gasteiger partial charge in [-0.2, -0.15) is 5.10 Å². The molecule has 1 aliphatic rings. The largest absolute Gasteiger partial charge is 0.356 e. The molecule has 3 rings (SSSR count). The maximum atomic E-state index is 14.2. The van der Waals surface area contributed by atoms with Crippen LogP contribution in [0.15, 0.2) is 36.7 Å². The van der Waals surface area contributed by atoms with E-state index in [0.717, 1.165) is 0 Å². The predicted molar refractivity (Wildman–Crippen MR) is 83.5 cm³/mol. The van der Waals surface area contributed by atoms with Crippen LogP contribution in [-0.2, 0) is 21.4 Å². The number of halogens is 1. The highest BCUT2D eigenvalue weighted by Crippen LogP contribution is 2.31. The number of benzene rings is 1. The van der Waals surface area contributed by atoms with Crippen LogP contribution in [0.3, 0.4) is 0 Å². The lowest BCUT2D eigenvalue weighted by Gasteiger charge is -2.38. The van der Waals surface area contributed by atoms with Crippen LogP contribution in [0.4, 0.5) is 10.1 Å². The molecule has 126 valence electrons. The summed E-state index contributed by atoms with van der Waals surface area (Å²) < 4.78 is 21.2. The van der Waals surface area contributed by atoms with E-state index in [9.17, 15) is 14.0 Å². The molecule has 1 fully saturated rings. The van der Waals surface area contributed by atoms with Gasteiger partial charge in [-0.15, -0.1) is 0 Å². The molecule has 0 unspecified atom stereocenters. The average molecular weight is 332 g/mol. The number of aryl methyl sites for hydroxylation is 1. The third kappa shape index (κ3) is 3.00. The number of anilines is 1. The third-order valence-electron chi connectivity index (χ3n) is 3.94. The minimum Gasteiger partial charge on any atom is -0.356 e. The smallest absolute Gasteiger partial charge is 0.256 e. The second kappa shape index (κ2) is 6.40. The van der Waals surface area contributed by atoms with Crippen molar-refractivity contribution in [3.63, 3.8) is 0 Å². The fourth-order valence-electron chi connectivity index (χ4n) is 2.72. The highest BCUT2D eigenvalue weighted by atomic mass is 19.1. The minimum atomic E-state index is -1.02. The number of nitrogens with one attached hydrogen (secondary N) is 1. The van der Waals surface area contributed by atoms with Gasteiger partial charge >= 0.3 is 0 Å². The van der Waals surface area contributed by atoms with Gasteiger partial charge < -0.3 is 15.0 Å². The zero-order valence-electron chi connectivity index (χ0n) is 13.3. The molecule has 2 aromatic rings. The topological polar surface area (TPSA) is 76.5 Å². The molecule has 1 N–H and O–H groups in total. The summed E-state index contributed by atoms with van der Waals surface area (Å²) in [7, 11) is 3.26. The van der Waals surface area contributed by atoms with E-state index >= 15 is 0 Å². The Hall–Kier alpha value is -2.74. The van der Waals surface area contributed by atoms with E-state index in [0.29, 0.717) is 5.69 Å². The van der Waals surface area contributed by atoms with Crippen molar-refractivity contribution in [2.45, 2.75) is 12.1 Å². The van der Waals surface area contributed by atoms with Gasteiger partial charge in [0, 0.05) is 25.9 Å². The van der Waals surface area contributed by atoms with E-state index in [1.165, 1.54) is 24.2 Å². The second-order valence-electron chi connectivity index (χ2n) is 5.59. The standard InChI is InChI=1S/C16H17FN4O3/c1-20-8-10(7-18-20)19-16(23)15-14(21(2)13(22)9-24-15)11-5-3-4-6-12(11)17/h3-8,14-15H,9H2,1-2H3,(H,19,23)/t14-,15-/m1/s1. The van der Waals surface area contributed by atoms with Crippen LogP contribution < -0.4 is 5.32 Å². The van der Waals surface area contributed by atoms with E-state index < -0.39 is 23.9 Å². The number of rotatable bonds is 3. The van der Waals surface area contributed by atoms with Crippen LogP contribution in [0, 0.1) is 5.82 Å². The number of nitrogens with zero attached hydrogens (tertiary/aromatic N) is 3. The average Bonchev–Trinajstić information content (AvgIpc) is 2.95. The van der Waals surface area contributed by atoms with Gasteiger partial charge in [-0.05, 0) is 6.07 Å². The summed E-state index contributed by atoms with van der Waals surface area (Å²) in [5.74, 6) is -1.27. The zero-order chi connectivity index (χ0) is 17.3. The Morgan fingerprint density at radius 1 is 1.38 bits per heavy atom. The van der Waals surface area contributed by atoms with E-state index in [1.54, 1.807) is 36.1 Å². The molecule has 0 saturated carbocycles. The van der Waals surface area contributed by atoms with Gasteiger partial charge in [-0.3, -0.25) is 14.3 Å².